The minimum absolute atomic E-state index is 0.0532. The van der Waals surface area contributed by atoms with Gasteiger partial charge in [-0.05, 0) is 51.3 Å². The van der Waals surface area contributed by atoms with Crippen LogP contribution < -0.4 is 10.2 Å². The highest BCUT2D eigenvalue weighted by Crippen LogP contribution is 2.24. The number of piperazine rings is 1. The molecule has 5 nitrogen and oxygen atoms in total. The molecule has 1 heterocycles. The lowest BCUT2D eigenvalue weighted by molar-refractivity contribution is -0.149. The van der Waals surface area contributed by atoms with Gasteiger partial charge in [-0.15, -0.1) is 0 Å². The summed E-state index contributed by atoms with van der Waals surface area (Å²) in [5, 5.41) is 3.16. The predicted molar refractivity (Wildman–Crippen MR) is 113 cm³/mol. The van der Waals surface area contributed by atoms with Crippen LogP contribution >= 0.6 is 0 Å². The van der Waals surface area contributed by atoms with Crippen molar-refractivity contribution in [1.29, 1.82) is 0 Å². The number of rotatable bonds is 4. The van der Waals surface area contributed by atoms with Crippen molar-refractivity contribution in [2.75, 3.05) is 31.1 Å². The van der Waals surface area contributed by atoms with Crippen molar-refractivity contribution in [3.8, 4) is 0 Å². The fourth-order valence-electron chi connectivity index (χ4n) is 4.27. The molecule has 2 amide bonds. The van der Waals surface area contributed by atoms with E-state index in [0.717, 1.165) is 25.9 Å². The van der Waals surface area contributed by atoms with Gasteiger partial charge in [0.15, 0.2) is 0 Å². The van der Waals surface area contributed by atoms with Gasteiger partial charge < -0.3 is 15.1 Å². The number of nitrogens with one attached hydrogen (secondary N) is 1. The second-order valence-corrected chi connectivity index (χ2v) is 8.91. The highest BCUT2D eigenvalue weighted by Gasteiger charge is 2.40. The van der Waals surface area contributed by atoms with E-state index in [-0.39, 0.29) is 17.9 Å². The molecular formula is C23H35N3O2. The Balaban J connectivity index is 1.56. The summed E-state index contributed by atoms with van der Waals surface area (Å²) in [5.74, 6) is -0.173. The molecule has 3 rings (SSSR count). The molecule has 0 radical (unpaired) electrons. The van der Waals surface area contributed by atoms with E-state index in [4.69, 9.17) is 0 Å². The number of hydrogen-bond donors (Lipinski definition) is 1. The first-order valence-corrected chi connectivity index (χ1v) is 10.8. The summed E-state index contributed by atoms with van der Waals surface area (Å²) in [4.78, 5) is 30.2. The predicted octanol–water partition coefficient (Wildman–Crippen LogP) is 3.51. The van der Waals surface area contributed by atoms with E-state index in [1.165, 1.54) is 36.9 Å². The molecule has 0 aromatic heterocycles. The quantitative estimate of drug-likeness (QED) is 0.637. The molecule has 2 fully saturated rings. The molecule has 154 valence electrons. The number of aryl methyl sites for hydroxylation is 1. The lowest BCUT2D eigenvalue weighted by atomic mass is 9.89. The van der Waals surface area contributed by atoms with Gasteiger partial charge in [0.1, 0.15) is 5.41 Å². The van der Waals surface area contributed by atoms with Crippen LogP contribution in [0.1, 0.15) is 57.9 Å². The molecule has 2 aliphatic rings. The smallest absolute Gasteiger partial charge is 0.237 e. The van der Waals surface area contributed by atoms with E-state index in [1.54, 1.807) is 13.8 Å². The molecule has 5 heteroatoms. The van der Waals surface area contributed by atoms with Crippen LogP contribution in [0.4, 0.5) is 5.69 Å². The largest absolute Gasteiger partial charge is 0.368 e. The van der Waals surface area contributed by atoms with E-state index in [0.29, 0.717) is 13.1 Å². The van der Waals surface area contributed by atoms with Crippen molar-refractivity contribution >= 4 is 17.5 Å². The van der Waals surface area contributed by atoms with Gasteiger partial charge in [-0.3, -0.25) is 9.59 Å². The molecule has 28 heavy (non-hydrogen) atoms. The molecule has 0 unspecified atom stereocenters. The average Bonchev–Trinajstić information content (AvgIpc) is 2.96. The van der Waals surface area contributed by atoms with Gasteiger partial charge in [0.25, 0.3) is 0 Å². The Morgan fingerprint density at radius 3 is 2.25 bits per heavy atom. The molecule has 1 saturated carbocycles. The third-order valence-corrected chi connectivity index (χ3v) is 6.23. The number of carbonyl (C=O) groups is 2. The van der Waals surface area contributed by atoms with Gasteiger partial charge in [0.05, 0.1) is 0 Å². The van der Waals surface area contributed by atoms with E-state index in [1.807, 2.05) is 4.90 Å². The number of carbonyl (C=O) groups excluding carboxylic acids is 2. The monoisotopic (exact) mass is 385 g/mol. The Bertz CT molecular complexity index is 685. The molecule has 1 N–H and O–H groups in total. The Labute approximate surface area is 169 Å². The first kappa shape index (κ1) is 20.7. The summed E-state index contributed by atoms with van der Waals surface area (Å²) in [5.41, 5.74) is 1.43. The summed E-state index contributed by atoms with van der Waals surface area (Å²) in [6, 6.07) is 8.69. The lowest BCUT2D eigenvalue weighted by Gasteiger charge is -2.39. The van der Waals surface area contributed by atoms with Crippen molar-refractivity contribution in [3.05, 3.63) is 29.8 Å². The van der Waals surface area contributed by atoms with Gasteiger partial charge in [-0.2, -0.15) is 0 Å². The van der Waals surface area contributed by atoms with Gasteiger partial charge in [-0.25, -0.2) is 0 Å². The molecule has 1 aromatic carbocycles. The highest BCUT2D eigenvalue weighted by molar-refractivity contribution is 6.04. The molecular weight excluding hydrogens is 350 g/mol. The van der Waals surface area contributed by atoms with Crippen LogP contribution in [0.25, 0.3) is 0 Å². The maximum Gasteiger partial charge on any atom is 0.237 e. The summed E-state index contributed by atoms with van der Waals surface area (Å²) < 4.78 is 0. The number of hydrogen-bond acceptors (Lipinski definition) is 3. The SMILES string of the molecule is Cc1cccc(N2CCN(C(=O)C(C)(C)C(=O)NC3CCCCCC3)CC2)c1. The Hall–Kier alpha value is -2.04. The number of amides is 2. The zero-order valence-corrected chi connectivity index (χ0v) is 17.7. The first-order valence-electron chi connectivity index (χ1n) is 10.8. The summed E-state index contributed by atoms with van der Waals surface area (Å²) in [7, 11) is 0. The van der Waals surface area contributed by atoms with E-state index in [2.05, 4.69) is 41.4 Å². The molecule has 0 bridgehead atoms. The lowest BCUT2D eigenvalue weighted by Crippen LogP contribution is -2.56. The van der Waals surface area contributed by atoms with Crippen LogP contribution in [0.5, 0.6) is 0 Å². The minimum Gasteiger partial charge on any atom is -0.368 e. The van der Waals surface area contributed by atoms with Crippen LogP contribution in [0, 0.1) is 12.3 Å². The van der Waals surface area contributed by atoms with Crippen LogP contribution in [0.2, 0.25) is 0 Å². The summed E-state index contributed by atoms with van der Waals surface area (Å²) in [6.07, 6.45) is 6.90. The van der Waals surface area contributed by atoms with Crippen LogP contribution in [-0.4, -0.2) is 48.9 Å². The zero-order chi connectivity index (χ0) is 20.1. The van der Waals surface area contributed by atoms with Crippen LogP contribution in [0.3, 0.4) is 0 Å². The van der Waals surface area contributed by atoms with Crippen molar-refractivity contribution in [2.24, 2.45) is 5.41 Å². The average molecular weight is 386 g/mol. The fourth-order valence-corrected chi connectivity index (χ4v) is 4.27. The molecule has 1 aromatic rings. The van der Waals surface area contributed by atoms with Crippen LogP contribution in [-0.2, 0) is 9.59 Å². The Morgan fingerprint density at radius 2 is 1.64 bits per heavy atom. The highest BCUT2D eigenvalue weighted by atomic mass is 16.2. The maximum atomic E-state index is 13.1. The first-order chi connectivity index (χ1) is 13.4. The standard InChI is InChI=1S/C23H35N3O2/c1-18-9-8-12-20(17-18)25-13-15-26(16-14-25)22(28)23(2,3)21(27)24-19-10-6-4-5-7-11-19/h8-9,12,17,19H,4-7,10-11,13-16H2,1-3H3,(H,24,27). The van der Waals surface area contributed by atoms with Crippen molar-refractivity contribution in [2.45, 2.75) is 65.3 Å². The minimum atomic E-state index is -1.02. The molecule has 1 saturated heterocycles. The second-order valence-electron chi connectivity index (χ2n) is 8.91. The fraction of sp³-hybridized carbons (Fsp3) is 0.652. The Kier molecular flexibility index (Phi) is 6.63. The summed E-state index contributed by atoms with van der Waals surface area (Å²) >= 11 is 0. The van der Waals surface area contributed by atoms with Crippen molar-refractivity contribution in [3.63, 3.8) is 0 Å². The van der Waals surface area contributed by atoms with E-state index >= 15 is 0 Å². The van der Waals surface area contributed by atoms with Gasteiger partial charge in [0, 0.05) is 37.9 Å². The van der Waals surface area contributed by atoms with Crippen molar-refractivity contribution < 1.29 is 9.59 Å². The van der Waals surface area contributed by atoms with Crippen LogP contribution in [0.15, 0.2) is 24.3 Å². The second kappa shape index (κ2) is 8.97. The third kappa shape index (κ3) is 4.86. The molecule has 1 aliphatic carbocycles. The number of anilines is 1. The molecule has 1 aliphatic heterocycles. The Morgan fingerprint density at radius 1 is 1.00 bits per heavy atom. The van der Waals surface area contributed by atoms with Crippen molar-refractivity contribution in [1.82, 2.24) is 10.2 Å². The van der Waals surface area contributed by atoms with Gasteiger partial charge in [-0.1, -0.05) is 37.8 Å². The summed E-state index contributed by atoms with van der Waals surface area (Å²) in [6.45, 7) is 8.56. The van der Waals surface area contributed by atoms with Gasteiger partial charge >= 0.3 is 0 Å². The zero-order valence-electron chi connectivity index (χ0n) is 17.7. The normalized spacial score (nSPS) is 19.2. The third-order valence-electron chi connectivity index (χ3n) is 6.23. The van der Waals surface area contributed by atoms with E-state index < -0.39 is 5.41 Å². The number of nitrogens with zero attached hydrogens (tertiary/aromatic N) is 2. The van der Waals surface area contributed by atoms with Gasteiger partial charge in [0.2, 0.25) is 11.8 Å². The van der Waals surface area contributed by atoms with E-state index in [9.17, 15) is 9.59 Å². The molecule has 0 atom stereocenters. The number of benzene rings is 1. The topological polar surface area (TPSA) is 52.7 Å². The molecule has 0 spiro atoms. The maximum absolute atomic E-state index is 13.1.